The lowest BCUT2D eigenvalue weighted by Crippen LogP contribution is -2.15. The molecule has 3 rings (SSSR count). The number of carbonyl (C=O) groups is 1. The van der Waals surface area contributed by atoms with E-state index in [0.717, 1.165) is 17.7 Å². The molecule has 104 valence electrons. The highest BCUT2D eigenvalue weighted by Crippen LogP contribution is 2.37. The molecule has 0 saturated heterocycles. The third kappa shape index (κ3) is 2.49. The second kappa shape index (κ2) is 5.32. The van der Waals surface area contributed by atoms with Gasteiger partial charge in [-0.3, -0.25) is 4.79 Å². The maximum absolute atomic E-state index is 10.5. The fraction of sp³-hybridized carbons (Fsp3) is 0.357. The van der Waals surface area contributed by atoms with Gasteiger partial charge in [-0.1, -0.05) is 18.2 Å². The van der Waals surface area contributed by atoms with Crippen molar-refractivity contribution in [2.24, 2.45) is 0 Å². The molecule has 6 nitrogen and oxygen atoms in total. The smallest absolute Gasteiger partial charge is 0.303 e. The summed E-state index contributed by atoms with van der Waals surface area (Å²) in [5.41, 5.74) is 1.03. The maximum atomic E-state index is 10.5. The zero-order chi connectivity index (χ0) is 13.9. The minimum absolute atomic E-state index is 0.00794. The number of benzene rings is 1. The van der Waals surface area contributed by atoms with E-state index in [1.54, 1.807) is 0 Å². The predicted octanol–water partition coefficient (Wildman–Crippen LogP) is 2.00. The second-order valence-corrected chi connectivity index (χ2v) is 4.66. The number of hydrogen-bond donors (Lipinski definition) is 1. The quantitative estimate of drug-likeness (QED) is 0.917. The number of hydrogen-bond acceptors (Lipinski definition) is 5. The minimum atomic E-state index is -0.874. The topological polar surface area (TPSA) is 85.5 Å². The van der Waals surface area contributed by atoms with Gasteiger partial charge in [0.1, 0.15) is 5.75 Å². The number of aromatic nitrogens is 2. The van der Waals surface area contributed by atoms with Crippen LogP contribution in [0.1, 0.15) is 36.1 Å². The number of rotatable bonds is 4. The molecule has 0 aliphatic carbocycles. The van der Waals surface area contributed by atoms with Crippen LogP contribution in [0.4, 0.5) is 0 Å². The number of nitrogens with zero attached hydrogens (tertiary/aromatic N) is 2. The predicted molar refractivity (Wildman–Crippen MR) is 68.7 cm³/mol. The maximum Gasteiger partial charge on any atom is 0.303 e. The van der Waals surface area contributed by atoms with Gasteiger partial charge in [-0.05, 0) is 12.5 Å². The first-order valence-electron chi connectivity index (χ1n) is 6.50. The Labute approximate surface area is 115 Å². The molecule has 0 radical (unpaired) electrons. The summed E-state index contributed by atoms with van der Waals surface area (Å²) in [6.45, 7) is 0.606. The van der Waals surface area contributed by atoms with Crippen molar-refractivity contribution in [1.29, 1.82) is 0 Å². The van der Waals surface area contributed by atoms with Crippen molar-refractivity contribution in [3.8, 4) is 5.75 Å². The first-order valence-corrected chi connectivity index (χ1v) is 6.50. The summed E-state index contributed by atoms with van der Waals surface area (Å²) in [7, 11) is 0. The molecule has 0 saturated carbocycles. The molecule has 1 aliphatic rings. The van der Waals surface area contributed by atoms with E-state index in [0.29, 0.717) is 18.4 Å². The molecule has 2 aromatic rings. The number of fused-ring (bicyclic) bond motifs is 1. The lowest BCUT2D eigenvalue weighted by molar-refractivity contribution is -0.137. The van der Waals surface area contributed by atoms with Crippen LogP contribution < -0.4 is 4.74 Å². The summed E-state index contributed by atoms with van der Waals surface area (Å²) in [6, 6.07) is 7.78. The Morgan fingerprint density at radius 3 is 3.05 bits per heavy atom. The monoisotopic (exact) mass is 274 g/mol. The molecule has 1 N–H and O–H groups in total. The van der Waals surface area contributed by atoms with Gasteiger partial charge in [0.05, 0.1) is 18.9 Å². The average Bonchev–Trinajstić information content (AvgIpc) is 2.93. The van der Waals surface area contributed by atoms with Crippen LogP contribution in [0.3, 0.4) is 0 Å². The number of aryl methyl sites for hydroxylation is 1. The summed E-state index contributed by atoms with van der Waals surface area (Å²) in [6.07, 6.45) is 1.02. The molecule has 0 amide bonds. The van der Waals surface area contributed by atoms with Gasteiger partial charge in [-0.2, -0.15) is 0 Å². The van der Waals surface area contributed by atoms with Crippen LogP contribution in [-0.2, 0) is 11.2 Å². The molecule has 1 aromatic heterocycles. The van der Waals surface area contributed by atoms with Crippen LogP contribution in [0.25, 0.3) is 0 Å². The third-order valence-corrected chi connectivity index (χ3v) is 3.29. The molecular weight excluding hydrogens is 260 g/mol. The van der Waals surface area contributed by atoms with Crippen molar-refractivity contribution in [3.05, 3.63) is 41.6 Å². The van der Waals surface area contributed by atoms with Gasteiger partial charge in [0.15, 0.2) is 0 Å². The van der Waals surface area contributed by atoms with E-state index in [1.165, 1.54) is 0 Å². The number of aliphatic carboxylic acids is 1. The SMILES string of the molecule is O=C(O)CCc1nnc(C2CCOc3ccccc32)o1. The van der Waals surface area contributed by atoms with Gasteiger partial charge in [0.2, 0.25) is 11.8 Å². The van der Waals surface area contributed by atoms with Crippen molar-refractivity contribution >= 4 is 5.97 Å². The van der Waals surface area contributed by atoms with Crippen molar-refractivity contribution < 1.29 is 19.1 Å². The highest BCUT2D eigenvalue weighted by Gasteiger charge is 2.27. The van der Waals surface area contributed by atoms with Crippen LogP contribution in [0.2, 0.25) is 0 Å². The third-order valence-electron chi connectivity index (χ3n) is 3.29. The van der Waals surface area contributed by atoms with E-state index < -0.39 is 5.97 Å². The molecule has 1 unspecified atom stereocenters. The molecule has 1 atom stereocenters. The van der Waals surface area contributed by atoms with Gasteiger partial charge in [-0.25, -0.2) is 0 Å². The first-order chi connectivity index (χ1) is 9.74. The Bertz CT molecular complexity index is 623. The average molecular weight is 274 g/mol. The summed E-state index contributed by atoms with van der Waals surface area (Å²) in [4.78, 5) is 10.5. The zero-order valence-electron chi connectivity index (χ0n) is 10.8. The lowest BCUT2D eigenvalue weighted by Gasteiger charge is -2.23. The summed E-state index contributed by atoms with van der Waals surface area (Å²) in [5, 5.41) is 16.6. The first kappa shape index (κ1) is 12.7. The van der Waals surface area contributed by atoms with Crippen molar-refractivity contribution in [2.75, 3.05) is 6.61 Å². The van der Waals surface area contributed by atoms with E-state index in [1.807, 2.05) is 24.3 Å². The Hall–Kier alpha value is -2.37. The summed E-state index contributed by atoms with van der Waals surface area (Å²) in [5.74, 6) is 0.883. The molecule has 0 bridgehead atoms. The fourth-order valence-electron chi connectivity index (χ4n) is 2.32. The van der Waals surface area contributed by atoms with Crippen molar-refractivity contribution in [3.63, 3.8) is 0 Å². The van der Waals surface area contributed by atoms with Gasteiger partial charge in [0, 0.05) is 12.0 Å². The standard InChI is InChI=1S/C14H14N2O4/c17-13(18)6-5-12-15-16-14(20-12)10-7-8-19-11-4-2-1-3-9(10)11/h1-4,10H,5-8H2,(H,17,18). The Balaban J connectivity index is 1.82. The molecule has 6 heteroatoms. The molecule has 0 fully saturated rings. The van der Waals surface area contributed by atoms with Gasteiger partial charge in [-0.15, -0.1) is 10.2 Å². The van der Waals surface area contributed by atoms with Crippen LogP contribution in [-0.4, -0.2) is 27.9 Å². The van der Waals surface area contributed by atoms with Gasteiger partial charge < -0.3 is 14.3 Å². The molecular formula is C14H14N2O4. The second-order valence-electron chi connectivity index (χ2n) is 4.66. The van der Waals surface area contributed by atoms with Crippen LogP contribution in [0, 0.1) is 0 Å². The Morgan fingerprint density at radius 1 is 1.35 bits per heavy atom. The fourth-order valence-corrected chi connectivity index (χ4v) is 2.32. The van der Waals surface area contributed by atoms with Crippen LogP contribution in [0.5, 0.6) is 5.75 Å². The largest absolute Gasteiger partial charge is 0.493 e. The highest BCUT2D eigenvalue weighted by molar-refractivity contribution is 5.66. The summed E-state index contributed by atoms with van der Waals surface area (Å²) >= 11 is 0. The molecule has 1 aliphatic heterocycles. The van der Waals surface area contributed by atoms with E-state index in [4.69, 9.17) is 14.3 Å². The molecule has 20 heavy (non-hydrogen) atoms. The zero-order valence-corrected chi connectivity index (χ0v) is 10.8. The normalized spacial score (nSPS) is 17.3. The minimum Gasteiger partial charge on any atom is -0.493 e. The van der Waals surface area contributed by atoms with Crippen LogP contribution >= 0.6 is 0 Å². The van der Waals surface area contributed by atoms with E-state index in [-0.39, 0.29) is 18.8 Å². The van der Waals surface area contributed by atoms with Crippen molar-refractivity contribution in [1.82, 2.24) is 10.2 Å². The van der Waals surface area contributed by atoms with Gasteiger partial charge in [0.25, 0.3) is 0 Å². The molecule has 1 aromatic carbocycles. The lowest BCUT2D eigenvalue weighted by atomic mass is 9.93. The molecule has 0 spiro atoms. The van der Waals surface area contributed by atoms with E-state index >= 15 is 0 Å². The number of para-hydroxylation sites is 1. The number of carboxylic acids is 1. The van der Waals surface area contributed by atoms with Crippen LogP contribution in [0.15, 0.2) is 28.7 Å². The van der Waals surface area contributed by atoms with Gasteiger partial charge >= 0.3 is 5.97 Å². The highest BCUT2D eigenvalue weighted by atomic mass is 16.5. The number of carboxylic acid groups (broad SMARTS) is 1. The Kier molecular flexibility index (Phi) is 3.37. The number of ether oxygens (including phenoxy) is 1. The van der Waals surface area contributed by atoms with E-state index in [9.17, 15) is 4.79 Å². The molecule has 2 heterocycles. The van der Waals surface area contributed by atoms with Crippen molar-refractivity contribution in [2.45, 2.75) is 25.2 Å². The van der Waals surface area contributed by atoms with E-state index in [2.05, 4.69) is 10.2 Å². The summed E-state index contributed by atoms with van der Waals surface area (Å²) < 4.78 is 11.2. The Morgan fingerprint density at radius 2 is 2.20 bits per heavy atom.